The van der Waals surface area contributed by atoms with E-state index >= 15 is 0 Å². The molecular formula is C12H20N2O2S. The Morgan fingerprint density at radius 3 is 2.41 bits per heavy atom. The lowest BCUT2D eigenvalue weighted by molar-refractivity contribution is -0.131. The Morgan fingerprint density at radius 2 is 1.82 bits per heavy atom. The zero-order chi connectivity index (χ0) is 12.1. The second-order valence-corrected chi connectivity index (χ2v) is 5.69. The Balaban J connectivity index is 1.74. The second kappa shape index (κ2) is 6.28. The van der Waals surface area contributed by atoms with Crippen molar-refractivity contribution in [3.63, 3.8) is 0 Å². The molecule has 0 bridgehead atoms. The summed E-state index contributed by atoms with van der Waals surface area (Å²) in [6.45, 7) is 3.21. The minimum atomic E-state index is 0.133. The van der Waals surface area contributed by atoms with E-state index < -0.39 is 0 Å². The topological polar surface area (TPSA) is 40.6 Å². The van der Waals surface area contributed by atoms with Crippen LogP contribution in [0.4, 0.5) is 4.79 Å². The van der Waals surface area contributed by atoms with Gasteiger partial charge in [-0.25, -0.2) is 0 Å². The summed E-state index contributed by atoms with van der Waals surface area (Å²) in [5, 5.41) is 0.133. The molecule has 2 amide bonds. The van der Waals surface area contributed by atoms with Crippen LogP contribution in [0.5, 0.6) is 0 Å². The zero-order valence-electron chi connectivity index (χ0n) is 10.2. The van der Waals surface area contributed by atoms with Gasteiger partial charge in [-0.1, -0.05) is 24.6 Å². The summed E-state index contributed by atoms with van der Waals surface area (Å²) in [7, 11) is 0. The maximum Gasteiger partial charge on any atom is 0.281 e. The van der Waals surface area contributed by atoms with Gasteiger partial charge in [-0.05, 0) is 12.8 Å². The third-order valence-electron chi connectivity index (χ3n) is 3.40. The lowest BCUT2D eigenvalue weighted by atomic mass is 10.2. The van der Waals surface area contributed by atoms with Crippen LogP contribution in [-0.4, -0.2) is 52.9 Å². The third-order valence-corrected chi connectivity index (χ3v) is 4.29. The van der Waals surface area contributed by atoms with E-state index in [1.165, 1.54) is 24.6 Å². The molecule has 2 aliphatic heterocycles. The number of hydrogen-bond donors (Lipinski definition) is 0. The van der Waals surface area contributed by atoms with Crippen molar-refractivity contribution in [3.8, 4) is 0 Å². The van der Waals surface area contributed by atoms with Crippen molar-refractivity contribution in [2.45, 2.75) is 32.1 Å². The van der Waals surface area contributed by atoms with Crippen LogP contribution in [0.2, 0.25) is 0 Å². The van der Waals surface area contributed by atoms with Crippen LogP contribution >= 0.6 is 11.8 Å². The molecule has 0 radical (unpaired) electrons. The smallest absolute Gasteiger partial charge is 0.281 e. The highest BCUT2D eigenvalue weighted by atomic mass is 32.2. The molecule has 2 heterocycles. The number of likely N-dealkylation sites (tertiary alicyclic amines) is 1. The summed E-state index contributed by atoms with van der Waals surface area (Å²) in [5.74, 6) is 1.09. The summed E-state index contributed by atoms with van der Waals surface area (Å²) in [4.78, 5) is 27.1. The maximum absolute atomic E-state index is 12.0. The van der Waals surface area contributed by atoms with Crippen LogP contribution in [0.3, 0.4) is 0 Å². The Kier molecular flexibility index (Phi) is 4.71. The van der Waals surface area contributed by atoms with Crippen LogP contribution in [-0.2, 0) is 4.79 Å². The van der Waals surface area contributed by atoms with E-state index in [9.17, 15) is 9.59 Å². The second-order valence-electron chi connectivity index (χ2n) is 4.65. The molecule has 17 heavy (non-hydrogen) atoms. The minimum absolute atomic E-state index is 0.133. The molecule has 0 aromatic heterocycles. The summed E-state index contributed by atoms with van der Waals surface area (Å²) in [6, 6.07) is 0. The molecule has 2 aliphatic rings. The third kappa shape index (κ3) is 3.63. The fraction of sp³-hybridized carbons (Fsp3) is 0.833. The van der Waals surface area contributed by atoms with E-state index in [1.54, 1.807) is 4.90 Å². The number of carbonyl (C=O) groups is 2. The normalized spacial score (nSPS) is 21.8. The van der Waals surface area contributed by atoms with Crippen molar-refractivity contribution < 1.29 is 9.59 Å². The summed E-state index contributed by atoms with van der Waals surface area (Å²) < 4.78 is 0. The van der Waals surface area contributed by atoms with Gasteiger partial charge in [0.2, 0.25) is 5.91 Å². The van der Waals surface area contributed by atoms with Crippen molar-refractivity contribution in [1.82, 2.24) is 9.80 Å². The minimum Gasteiger partial charge on any atom is -0.343 e. The average molecular weight is 256 g/mol. The van der Waals surface area contributed by atoms with E-state index in [1.807, 2.05) is 4.90 Å². The first-order valence-electron chi connectivity index (χ1n) is 6.47. The Labute approximate surface area is 107 Å². The standard InChI is InChI=1S/C12H20N2O2S/c15-11(13-6-3-1-2-4-7-13)5-8-14-9-10-17-12(14)16/h1-10H2. The maximum atomic E-state index is 12.0. The Bertz CT molecular complexity index is 288. The van der Waals surface area contributed by atoms with E-state index in [-0.39, 0.29) is 11.1 Å². The number of nitrogens with zero attached hydrogens (tertiary/aromatic N) is 2. The van der Waals surface area contributed by atoms with Gasteiger partial charge in [-0.2, -0.15) is 0 Å². The number of thioether (sulfide) groups is 1. The van der Waals surface area contributed by atoms with Crippen LogP contribution in [0.1, 0.15) is 32.1 Å². The van der Waals surface area contributed by atoms with E-state index in [0.717, 1.165) is 38.2 Å². The van der Waals surface area contributed by atoms with Gasteiger partial charge in [0, 0.05) is 38.4 Å². The fourth-order valence-electron chi connectivity index (χ4n) is 2.34. The predicted octanol–water partition coefficient (Wildman–Crippen LogP) is 1.95. The van der Waals surface area contributed by atoms with Gasteiger partial charge in [0.15, 0.2) is 0 Å². The molecule has 5 heteroatoms. The van der Waals surface area contributed by atoms with Gasteiger partial charge < -0.3 is 9.80 Å². The van der Waals surface area contributed by atoms with Crippen LogP contribution in [0.25, 0.3) is 0 Å². The lowest BCUT2D eigenvalue weighted by Gasteiger charge is -2.22. The Hall–Kier alpha value is -0.710. The largest absolute Gasteiger partial charge is 0.343 e. The first kappa shape index (κ1) is 12.7. The lowest BCUT2D eigenvalue weighted by Crippen LogP contribution is -2.35. The van der Waals surface area contributed by atoms with Crippen LogP contribution < -0.4 is 0 Å². The molecule has 2 fully saturated rings. The molecule has 0 unspecified atom stereocenters. The van der Waals surface area contributed by atoms with Crippen molar-refractivity contribution in [3.05, 3.63) is 0 Å². The number of hydrogen-bond acceptors (Lipinski definition) is 3. The highest BCUT2D eigenvalue weighted by molar-refractivity contribution is 8.13. The first-order chi connectivity index (χ1) is 8.27. The summed E-state index contributed by atoms with van der Waals surface area (Å²) in [5.41, 5.74) is 0. The molecule has 0 aromatic rings. The molecule has 0 aromatic carbocycles. The van der Waals surface area contributed by atoms with Crippen molar-refractivity contribution >= 4 is 22.9 Å². The van der Waals surface area contributed by atoms with Gasteiger partial charge in [-0.3, -0.25) is 9.59 Å². The van der Waals surface area contributed by atoms with Gasteiger partial charge in [0.1, 0.15) is 0 Å². The van der Waals surface area contributed by atoms with Gasteiger partial charge >= 0.3 is 0 Å². The monoisotopic (exact) mass is 256 g/mol. The molecule has 0 atom stereocenters. The summed E-state index contributed by atoms with van der Waals surface area (Å²) in [6.07, 6.45) is 5.23. The molecule has 4 nitrogen and oxygen atoms in total. The number of rotatable bonds is 3. The van der Waals surface area contributed by atoms with E-state index in [2.05, 4.69) is 0 Å². The van der Waals surface area contributed by atoms with E-state index in [4.69, 9.17) is 0 Å². The number of amides is 2. The summed E-state index contributed by atoms with van der Waals surface area (Å²) >= 11 is 1.36. The molecule has 2 saturated heterocycles. The van der Waals surface area contributed by atoms with E-state index in [0.29, 0.717) is 13.0 Å². The first-order valence-corrected chi connectivity index (χ1v) is 7.45. The quantitative estimate of drug-likeness (QED) is 0.775. The molecule has 96 valence electrons. The highest BCUT2D eigenvalue weighted by Gasteiger charge is 2.22. The molecular weight excluding hydrogens is 236 g/mol. The van der Waals surface area contributed by atoms with Gasteiger partial charge in [-0.15, -0.1) is 0 Å². The average Bonchev–Trinajstić information content (AvgIpc) is 2.58. The predicted molar refractivity (Wildman–Crippen MR) is 69.1 cm³/mol. The fourth-order valence-corrected chi connectivity index (χ4v) is 3.19. The molecule has 2 rings (SSSR count). The van der Waals surface area contributed by atoms with Crippen LogP contribution in [0, 0.1) is 0 Å². The SMILES string of the molecule is O=C(CCN1CCSC1=O)N1CCCCCC1. The zero-order valence-corrected chi connectivity index (χ0v) is 11.0. The van der Waals surface area contributed by atoms with Crippen LogP contribution in [0.15, 0.2) is 0 Å². The molecule has 0 saturated carbocycles. The van der Waals surface area contributed by atoms with Gasteiger partial charge in [0.25, 0.3) is 5.24 Å². The molecule has 0 N–H and O–H groups in total. The number of carbonyl (C=O) groups excluding carboxylic acids is 2. The Morgan fingerprint density at radius 1 is 1.12 bits per heavy atom. The van der Waals surface area contributed by atoms with Crippen molar-refractivity contribution in [2.24, 2.45) is 0 Å². The molecule has 0 aliphatic carbocycles. The highest BCUT2D eigenvalue weighted by Crippen LogP contribution is 2.17. The van der Waals surface area contributed by atoms with Crippen molar-refractivity contribution in [2.75, 3.05) is 31.9 Å². The van der Waals surface area contributed by atoms with Gasteiger partial charge in [0.05, 0.1) is 0 Å². The van der Waals surface area contributed by atoms with Crippen molar-refractivity contribution in [1.29, 1.82) is 0 Å². The molecule has 0 spiro atoms.